The lowest BCUT2D eigenvalue weighted by Gasteiger charge is -2.24. The minimum absolute atomic E-state index is 0.0191. The molecule has 0 spiro atoms. The third-order valence-electron chi connectivity index (χ3n) is 5.67. The van der Waals surface area contributed by atoms with E-state index in [1.807, 2.05) is 59.5 Å². The van der Waals surface area contributed by atoms with Crippen molar-refractivity contribution in [3.63, 3.8) is 0 Å². The van der Waals surface area contributed by atoms with Gasteiger partial charge in [0.15, 0.2) is 0 Å². The van der Waals surface area contributed by atoms with Crippen molar-refractivity contribution in [1.29, 1.82) is 0 Å². The molecular formula is C27H28N2O2S. The number of carbonyl (C=O) groups excluding carboxylic acids is 2. The van der Waals surface area contributed by atoms with Gasteiger partial charge in [0.05, 0.1) is 5.75 Å². The van der Waals surface area contributed by atoms with Gasteiger partial charge in [0.25, 0.3) is 5.91 Å². The van der Waals surface area contributed by atoms with Gasteiger partial charge in [0.2, 0.25) is 5.91 Å². The lowest BCUT2D eigenvalue weighted by molar-refractivity contribution is -0.128. The van der Waals surface area contributed by atoms with Crippen LogP contribution in [0.3, 0.4) is 0 Å². The maximum absolute atomic E-state index is 12.5. The molecular weight excluding hydrogens is 416 g/mol. The van der Waals surface area contributed by atoms with Crippen LogP contribution in [0, 0.1) is 6.92 Å². The summed E-state index contributed by atoms with van der Waals surface area (Å²) >= 11 is 1.64. The van der Waals surface area contributed by atoms with Gasteiger partial charge in [0.1, 0.15) is 5.37 Å². The molecule has 2 amide bonds. The number of aryl methyl sites for hydroxylation is 2. The fourth-order valence-electron chi connectivity index (χ4n) is 3.83. The average molecular weight is 445 g/mol. The Morgan fingerprint density at radius 3 is 2.41 bits per heavy atom. The number of hydrogen-bond acceptors (Lipinski definition) is 3. The number of nitrogens with one attached hydrogen (secondary N) is 1. The van der Waals surface area contributed by atoms with Crippen molar-refractivity contribution in [3.05, 3.63) is 107 Å². The minimum Gasteiger partial charge on any atom is -0.352 e. The van der Waals surface area contributed by atoms with Crippen LogP contribution in [0.4, 0.5) is 0 Å². The van der Waals surface area contributed by atoms with Gasteiger partial charge in [-0.15, -0.1) is 11.8 Å². The highest BCUT2D eigenvalue weighted by atomic mass is 32.2. The monoisotopic (exact) mass is 444 g/mol. The number of hydrogen-bond donors (Lipinski definition) is 1. The van der Waals surface area contributed by atoms with Crippen molar-refractivity contribution in [2.24, 2.45) is 0 Å². The molecule has 0 radical (unpaired) electrons. The van der Waals surface area contributed by atoms with Gasteiger partial charge < -0.3 is 10.2 Å². The van der Waals surface area contributed by atoms with Crippen LogP contribution in [0.5, 0.6) is 0 Å². The first kappa shape index (κ1) is 22.2. The molecule has 3 aromatic carbocycles. The minimum atomic E-state index is -0.0586. The largest absolute Gasteiger partial charge is 0.352 e. The number of amides is 2. The molecule has 0 aliphatic carbocycles. The van der Waals surface area contributed by atoms with Crippen LogP contribution in [0.15, 0.2) is 78.9 Å². The Labute approximate surface area is 194 Å². The summed E-state index contributed by atoms with van der Waals surface area (Å²) in [5.41, 5.74) is 5.36. The van der Waals surface area contributed by atoms with E-state index in [2.05, 4.69) is 36.5 Å². The molecule has 1 aliphatic rings. The van der Waals surface area contributed by atoms with Crippen molar-refractivity contribution < 1.29 is 9.59 Å². The lowest BCUT2D eigenvalue weighted by atomic mass is 10.1. The Kier molecular flexibility index (Phi) is 7.28. The molecule has 0 unspecified atom stereocenters. The van der Waals surface area contributed by atoms with Crippen molar-refractivity contribution >= 4 is 23.6 Å². The molecule has 1 saturated heterocycles. The van der Waals surface area contributed by atoms with E-state index < -0.39 is 0 Å². The number of benzene rings is 3. The molecule has 1 atom stereocenters. The third kappa shape index (κ3) is 5.60. The van der Waals surface area contributed by atoms with Gasteiger partial charge in [0, 0.05) is 18.7 Å². The number of rotatable bonds is 8. The first-order chi connectivity index (χ1) is 15.6. The van der Waals surface area contributed by atoms with Crippen LogP contribution in [0.25, 0.3) is 0 Å². The molecule has 0 aromatic heterocycles. The van der Waals surface area contributed by atoms with E-state index in [0.717, 1.165) is 24.0 Å². The quantitative estimate of drug-likeness (QED) is 0.490. The van der Waals surface area contributed by atoms with Crippen molar-refractivity contribution in [2.75, 3.05) is 12.3 Å². The van der Waals surface area contributed by atoms with Gasteiger partial charge in [-0.1, -0.05) is 72.3 Å². The first-order valence-corrected chi connectivity index (χ1v) is 12.0. The van der Waals surface area contributed by atoms with Crippen molar-refractivity contribution in [2.45, 2.75) is 31.7 Å². The van der Waals surface area contributed by atoms with Crippen LogP contribution < -0.4 is 5.32 Å². The highest BCUT2D eigenvalue weighted by Crippen LogP contribution is 2.39. The standard InChI is InChI=1S/C27H28N2O2S/c1-20-9-11-21(12-10-20)8-5-17-28-26(31)23-13-15-24(16-14-23)27-29(25(30)19-32-27)18-22-6-3-2-4-7-22/h2-4,6-7,9-16,27H,5,8,17-19H2,1H3,(H,28,31)/t27-/m1/s1. The fraction of sp³-hybridized carbons (Fsp3) is 0.259. The van der Waals surface area contributed by atoms with Gasteiger partial charge in [-0.3, -0.25) is 9.59 Å². The predicted molar refractivity (Wildman–Crippen MR) is 130 cm³/mol. The van der Waals surface area contributed by atoms with E-state index >= 15 is 0 Å². The molecule has 164 valence electrons. The molecule has 0 bridgehead atoms. The first-order valence-electron chi connectivity index (χ1n) is 11.0. The van der Waals surface area contributed by atoms with Gasteiger partial charge in [-0.25, -0.2) is 0 Å². The Bertz CT molecular complexity index is 1050. The van der Waals surface area contributed by atoms with Gasteiger partial charge in [-0.05, 0) is 48.6 Å². The van der Waals surface area contributed by atoms with Crippen LogP contribution in [0.1, 0.15) is 44.4 Å². The average Bonchev–Trinajstić information content (AvgIpc) is 3.18. The molecule has 1 heterocycles. The molecule has 1 N–H and O–H groups in total. The summed E-state index contributed by atoms with van der Waals surface area (Å²) in [5, 5.41) is 2.99. The van der Waals surface area contributed by atoms with Crippen LogP contribution in [-0.4, -0.2) is 29.0 Å². The zero-order valence-electron chi connectivity index (χ0n) is 18.3. The van der Waals surface area contributed by atoms with E-state index in [-0.39, 0.29) is 17.2 Å². The van der Waals surface area contributed by atoms with Crippen molar-refractivity contribution in [3.8, 4) is 0 Å². The van der Waals surface area contributed by atoms with Crippen LogP contribution >= 0.6 is 11.8 Å². The fourth-order valence-corrected chi connectivity index (χ4v) is 5.02. The zero-order chi connectivity index (χ0) is 22.3. The molecule has 32 heavy (non-hydrogen) atoms. The predicted octanol–water partition coefficient (Wildman–Crippen LogP) is 5.13. The van der Waals surface area contributed by atoms with E-state index in [1.165, 1.54) is 11.1 Å². The smallest absolute Gasteiger partial charge is 0.251 e. The molecule has 3 aromatic rings. The molecule has 1 aliphatic heterocycles. The molecule has 4 nitrogen and oxygen atoms in total. The number of nitrogens with zero attached hydrogens (tertiary/aromatic N) is 1. The summed E-state index contributed by atoms with van der Waals surface area (Å²) in [5.74, 6) is 0.580. The Morgan fingerprint density at radius 1 is 0.969 bits per heavy atom. The second-order valence-electron chi connectivity index (χ2n) is 8.14. The molecule has 5 heteroatoms. The van der Waals surface area contributed by atoms with Crippen LogP contribution in [-0.2, 0) is 17.8 Å². The van der Waals surface area contributed by atoms with Gasteiger partial charge >= 0.3 is 0 Å². The number of thioether (sulfide) groups is 1. The highest BCUT2D eigenvalue weighted by molar-refractivity contribution is 8.00. The highest BCUT2D eigenvalue weighted by Gasteiger charge is 2.32. The lowest BCUT2D eigenvalue weighted by Crippen LogP contribution is -2.28. The summed E-state index contributed by atoms with van der Waals surface area (Å²) in [4.78, 5) is 26.9. The second kappa shape index (κ2) is 10.5. The molecule has 1 fully saturated rings. The third-order valence-corrected chi connectivity index (χ3v) is 6.93. The summed E-state index contributed by atoms with van der Waals surface area (Å²) in [6, 6.07) is 26.2. The van der Waals surface area contributed by atoms with Crippen LogP contribution in [0.2, 0.25) is 0 Å². The SMILES string of the molecule is Cc1ccc(CCCNC(=O)c2ccc([C@H]3SCC(=O)N3Cc3ccccc3)cc2)cc1. The molecule has 4 rings (SSSR count). The van der Waals surface area contributed by atoms with Crippen molar-refractivity contribution in [1.82, 2.24) is 10.2 Å². The summed E-state index contributed by atoms with van der Waals surface area (Å²) in [6.45, 7) is 3.33. The Hall–Kier alpha value is -3.05. The Morgan fingerprint density at radius 2 is 1.69 bits per heavy atom. The van der Waals surface area contributed by atoms with E-state index in [4.69, 9.17) is 0 Å². The van der Waals surface area contributed by atoms with E-state index in [9.17, 15) is 9.59 Å². The maximum atomic E-state index is 12.5. The summed E-state index contributed by atoms with van der Waals surface area (Å²) < 4.78 is 0. The summed E-state index contributed by atoms with van der Waals surface area (Å²) in [7, 11) is 0. The maximum Gasteiger partial charge on any atom is 0.251 e. The Balaban J connectivity index is 1.31. The van der Waals surface area contributed by atoms with E-state index in [1.54, 1.807) is 11.8 Å². The topological polar surface area (TPSA) is 49.4 Å². The second-order valence-corrected chi connectivity index (χ2v) is 9.21. The van der Waals surface area contributed by atoms with Gasteiger partial charge in [-0.2, -0.15) is 0 Å². The van der Waals surface area contributed by atoms with E-state index in [0.29, 0.717) is 24.4 Å². The number of carbonyl (C=O) groups is 2. The molecule has 0 saturated carbocycles. The zero-order valence-corrected chi connectivity index (χ0v) is 19.1. The normalized spacial score (nSPS) is 15.7. The summed E-state index contributed by atoms with van der Waals surface area (Å²) in [6.07, 6.45) is 1.85.